The SMILES string of the molecule is CCCCCCCCCOC(=O)c1ccccc1C(=O)OCCCCCCCC(C)C. The van der Waals surface area contributed by atoms with Crippen molar-refractivity contribution in [2.24, 2.45) is 5.92 Å². The van der Waals surface area contributed by atoms with E-state index in [1.807, 2.05) is 0 Å². The molecule has 4 heteroatoms. The zero-order chi connectivity index (χ0) is 22.7. The Morgan fingerprint density at radius 2 is 1.10 bits per heavy atom. The number of hydrogen-bond acceptors (Lipinski definition) is 4. The number of carbonyl (C=O) groups is 2. The summed E-state index contributed by atoms with van der Waals surface area (Å²) in [4.78, 5) is 24.9. The molecule has 0 amide bonds. The van der Waals surface area contributed by atoms with E-state index in [0.717, 1.165) is 31.6 Å². The van der Waals surface area contributed by atoms with Crippen LogP contribution >= 0.6 is 0 Å². The highest BCUT2D eigenvalue weighted by Crippen LogP contribution is 2.14. The third kappa shape index (κ3) is 13.2. The lowest BCUT2D eigenvalue weighted by Crippen LogP contribution is -2.15. The van der Waals surface area contributed by atoms with Crippen molar-refractivity contribution in [3.05, 3.63) is 35.4 Å². The molecular weight excluding hydrogens is 388 g/mol. The molecule has 0 aliphatic carbocycles. The van der Waals surface area contributed by atoms with Crippen LogP contribution in [0, 0.1) is 5.92 Å². The van der Waals surface area contributed by atoms with Crippen LogP contribution in [0.25, 0.3) is 0 Å². The second kappa shape index (κ2) is 17.8. The number of hydrogen-bond donors (Lipinski definition) is 0. The Hall–Kier alpha value is -1.84. The minimum Gasteiger partial charge on any atom is -0.462 e. The van der Waals surface area contributed by atoms with Gasteiger partial charge in [-0.3, -0.25) is 0 Å². The molecule has 31 heavy (non-hydrogen) atoms. The van der Waals surface area contributed by atoms with Crippen LogP contribution in [0.1, 0.15) is 125 Å². The highest BCUT2D eigenvalue weighted by Gasteiger charge is 2.18. The number of carbonyl (C=O) groups excluding carboxylic acids is 2. The van der Waals surface area contributed by atoms with Gasteiger partial charge in [-0.25, -0.2) is 9.59 Å². The van der Waals surface area contributed by atoms with Gasteiger partial charge in [0.2, 0.25) is 0 Å². The average molecular weight is 433 g/mol. The molecule has 0 unspecified atom stereocenters. The minimum absolute atomic E-state index is 0.295. The van der Waals surface area contributed by atoms with Gasteiger partial charge in [-0.2, -0.15) is 0 Å². The minimum atomic E-state index is -0.441. The summed E-state index contributed by atoms with van der Waals surface area (Å²) >= 11 is 0. The van der Waals surface area contributed by atoms with E-state index < -0.39 is 11.9 Å². The van der Waals surface area contributed by atoms with Crippen LogP contribution in [-0.2, 0) is 9.47 Å². The average Bonchev–Trinajstić information content (AvgIpc) is 2.76. The Balaban J connectivity index is 2.28. The molecule has 0 N–H and O–H groups in total. The zero-order valence-electron chi connectivity index (χ0n) is 20.1. The predicted octanol–water partition coefficient (Wildman–Crippen LogP) is 7.75. The fourth-order valence-electron chi connectivity index (χ4n) is 3.57. The quantitative estimate of drug-likeness (QED) is 0.176. The lowest BCUT2D eigenvalue weighted by Gasteiger charge is -2.10. The zero-order valence-corrected chi connectivity index (χ0v) is 20.1. The summed E-state index contributed by atoms with van der Waals surface area (Å²) in [6.45, 7) is 7.51. The second-order valence-electron chi connectivity index (χ2n) is 8.89. The molecule has 0 saturated carbocycles. The number of esters is 2. The van der Waals surface area contributed by atoms with Crippen LogP contribution in [0.2, 0.25) is 0 Å². The van der Waals surface area contributed by atoms with E-state index in [4.69, 9.17) is 9.47 Å². The first-order chi connectivity index (χ1) is 15.1. The van der Waals surface area contributed by atoms with E-state index in [1.54, 1.807) is 24.3 Å². The third-order valence-electron chi connectivity index (χ3n) is 5.51. The van der Waals surface area contributed by atoms with Crippen LogP contribution in [0.4, 0.5) is 0 Å². The van der Waals surface area contributed by atoms with E-state index in [-0.39, 0.29) is 0 Å². The summed E-state index contributed by atoms with van der Waals surface area (Å²) in [5, 5.41) is 0. The molecule has 0 spiro atoms. The molecule has 0 bridgehead atoms. The van der Waals surface area contributed by atoms with Gasteiger partial charge in [0.05, 0.1) is 24.3 Å². The Kier molecular flexibility index (Phi) is 15.6. The van der Waals surface area contributed by atoms with Crippen LogP contribution in [-0.4, -0.2) is 25.2 Å². The van der Waals surface area contributed by atoms with E-state index >= 15 is 0 Å². The predicted molar refractivity (Wildman–Crippen MR) is 128 cm³/mol. The summed E-state index contributed by atoms with van der Waals surface area (Å²) in [7, 11) is 0. The third-order valence-corrected chi connectivity index (χ3v) is 5.51. The Morgan fingerprint density at radius 3 is 1.55 bits per heavy atom. The van der Waals surface area contributed by atoms with Crippen LogP contribution in [0.5, 0.6) is 0 Å². The van der Waals surface area contributed by atoms with Crippen molar-refractivity contribution >= 4 is 11.9 Å². The van der Waals surface area contributed by atoms with Gasteiger partial charge in [-0.15, -0.1) is 0 Å². The number of benzene rings is 1. The standard InChI is InChI=1S/C27H44O4/c1-4-5-6-7-8-11-16-21-30-26(28)24-19-14-15-20-25(24)27(29)31-22-17-12-9-10-13-18-23(2)3/h14-15,19-20,23H,4-13,16-18,21-22H2,1-3H3. The van der Waals surface area contributed by atoms with Crippen molar-refractivity contribution in [3.8, 4) is 0 Å². The normalized spacial score (nSPS) is 11.0. The van der Waals surface area contributed by atoms with Crippen molar-refractivity contribution in [2.45, 2.75) is 104 Å². The van der Waals surface area contributed by atoms with E-state index in [9.17, 15) is 9.59 Å². The summed E-state index contributed by atoms with van der Waals surface area (Å²) in [5.74, 6) is -0.116. The maximum atomic E-state index is 12.5. The summed E-state index contributed by atoms with van der Waals surface area (Å²) in [6, 6.07) is 6.77. The molecule has 0 aromatic heterocycles. The maximum absolute atomic E-state index is 12.5. The van der Waals surface area contributed by atoms with E-state index in [2.05, 4.69) is 20.8 Å². The number of unbranched alkanes of at least 4 members (excludes halogenated alkanes) is 10. The van der Waals surface area contributed by atoms with Gasteiger partial charge in [0, 0.05) is 0 Å². The van der Waals surface area contributed by atoms with E-state index in [0.29, 0.717) is 24.3 Å². The van der Waals surface area contributed by atoms with Crippen molar-refractivity contribution in [3.63, 3.8) is 0 Å². The summed E-state index contributed by atoms with van der Waals surface area (Å²) in [5.41, 5.74) is 0.591. The molecule has 0 saturated heterocycles. The number of ether oxygens (including phenoxy) is 2. The number of rotatable bonds is 18. The van der Waals surface area contributed by atoms with Gasteiger partial charge >= 0.3 is 11.9 Å². The van der Waals surface area contributed by atoms with Gasteiger partial charge in [-0.1, -0.05) is 104 Å². The van der Waals surface area contributed by atoms with Gasteiger partial charge < -0.3 is 9.47 Å². The largest absolute Gasteiger partial charge is 0.462 e. The monoisotopic (exact) mass is 432 g/mol. The van der Waals surface area contributed by atoms with Crippen molar-refractivity contribution in [2.75, 3.05) is 13.2 Å². The first kappa shape index (κ1) is 27.2. The highest BCUT2D eigenvalue weighted by atomic mass is 16.5. The summed E-state index contributed by atoms with van der Waals surface area (Å²) in [6.07, 6.45) is 15.1. The smallest absolute Gasteiger partial charge is 0.339 e. The molecular formula is C27H44O4. The lowest BCUT2D eigenvalue weighted by atomic mass is 10.0. The Labute approximate surface area is 190 Å². The van der Waals surface area contributed by atoms with E-state index in [1.165, 1.54) is 57.8 Å². The Bertz CT molecular complexity index is 609. The molecule has 0 atom stereocenters. The molecule has 1 aromatic carbocycles. The molecule has 1 aromatic rings. The van der Waals surface area contributed by atoms with Gasteiger partial charge in [0.25, 0.3) is 0 Å². The molecule has 176 valence electrons. The highest BCUT2D eigenvalue weighted by molar-refractivity contribution is 6.03. The molecule has 0 aliphatic heterocycles. The van der Waals surface area contributed by atoms with Crippen molar-refractivity contribution < 1.29 is 19.1 Å². The van der Waals surface area contributed by atoms with Crippen molar-refractivity contribution in [1.29, 1.82) is 0 Å². The van der Waals surface area contributed by atoms with Crippen LogP contribution in [0.3, 0.4) is 0 Å². The fraction of sp³-hybridized carbons (Fsp3) is 0.704. The molecule has 0 fully saturated rings. The maximum Gasteiger partial charge on any atom is 0.339 e. The molecule has 0 aliphatic rings. The molecule has 0 radical (unpaired) electrons. The molecule has 1 rings (SSSR count). The lowest BCUT2D eigenvalue weighted by molar-refractivity contribution is 0.0450. The first-order valence-corrected chi connectivity index (χ1v) is 12.5. The van der Waals surface area contributed by atoms with Gasteiger partial charge in [0.1, 0.15) is 0 Å². The first-order valence-electron chi connectivity index (χ1n) is 12.5. The van der Waals surface area contributed by atoms with Crippen molar-refractivity contribution in [1.82, 2.24) is 0 Å². The summed E-state index contributed by atoms with van der Waals surface area (Å²) < 4.78 is 10.8. The topological polar surface area (TPSA) is 52.6 Å². The van der Waals surface area contributed by atoms with Crippen LogP contribution in [0.15, 0.2) is 24.3 Å². The van der Waals surface area contributed by atoms with Gasteiger partial charge in [0.15, 0.2) is 0 Å². The molecule has 4 nitrogen and oxygen atoms in total. The Morgan fingerprint density at radius 1 is 0.677 bits per heavy atom. The second-order valence-corrected chi connectivity index (χ2v) is 8.89. The fourth-order valence-corrected chi connectivity index (χ4v) is 3.57. The van der Waals surface area contributed by atoms with Crippen LogP contribution < -0.4 is 0 Å². The van der Waals surface area contributed by atoms with Gasteiger partial charge in [-0.05, 0) is 30.9 Å². The molecule has 0 heterocycles.